The van der Waals surface area contributed by atoms with Crippen molar-refractivity contribution >= 4 is 11.5 Å². The van der Waals surface area contributed by atoms with Gasteiger partial charge in [0.25, 0.3) is 0 Å². The van der Waals surface area contributed by atoms with Gasteiger partial charge >= 0.3 is 0 Å². The molecule has 2 heterocycles. The smallest absolute Gasteiger partial charge is 0.150 e. The Morgan fingerprint density at radius 3 is 2.65 bits per heavy atom. The Bertz CT molecular complexity index is 396. The number of anilines is 2. The molecule has 5 heteroatoms. The van der Waals surface area contributed by atoms with E-state index in [2.05, 4.69) is 35.9 Å². The normalized spacial score (nSPS) is 20.5. The third-order valence-corrected chi connectivity index (χ3v) is 3.66. The number of likely N-dealkylation sites (N-methyl/N-ethyl adjacent to an activating group) is 1. The first-order chi connectivity index (χ1) is 8.04. The second-order valence-corrected chi connectivity index (χ2v) is 5.01. The summed E-state index contributed by atoms with van der Waals surface area (Å²) in [6.45, 7) is 4.20. The van der Waals surface area contributed by atoms with Gasteiger partial charge in [-0.25, -0.2) is 0 Å². The van der Waals surface area contributed by atoms with Gasteiger partial charge in [0, 0.05) is 26.2 Å². The van der Waals surface area contributed by atoms with Gasteiger partial charge in [-0.3, -0.25) is 4.68 Å². The van der Waals surface area contributed by atoms with Gasteiger partial charge in [0.05, 0.1) is 11.4 Å². The molecule has 1 fully saturated rings. The molecule has 1 aromatic rings. The van der Waals surface area contributed by atoms with Gasteiger partial charge in [-0.1, -0.05) is 6.92 Å². The summed E-state index contributed by atoms with van der Waals surface area (Å²) in [4.78, 5) is 4.64. The van der Waals surface area contributed by atoms with Crippen LogP contribution >= 0.6 is 0 Å². The third kappa shape index (κ3) is 2.11. The summed E-state index contributed by atoms with van der Waals surface area (Å²) in [6.07, 6.45) is 2.09. The van der Waals surface area contributed by atoms with E-state index in [0.717, 1.165) is 36.7 Å². The molecule has 17 heavy (non-hydrogen) atoms. The number of aryl methyl sites for hydroxylation is 2. The predicted octanol–water partition coefficient (Wildman–Crippen LogP) is 0.705. The molecule has 1 aliphatic rings. The van der Waals surface area contributed by atoms with Crippen molar-refractivity contribution in [3.63, 3.8) is 0 Å². The van der Waals surface area contributed by atoms with Gasteiger partial charge in [0.1, 0.15) is 5.82 Å². The summed E-state index contributed by atoms with van der Waals surface area (Å²) in [5.41, 5.74) is 8.04. The first-order valence-electron chi connectivity index (χ1n) is 6.27. The highest BCUT2D eigenvalue weighted by Gasteiger charge is 2.28. The Morgan fingerprint density at radius 2 is 2.18 bits per heavy atom. The topological polar surface area (TPSA) is 50.3 Å². The lowest BCUT2D eigenvalue weighted by Gasteiger charge is -2.22. The Kier molecular flexibility index (Phi) is 3.28. The zero-order valence-corrected chi connectivity index (χ0v) is 11.3. The zero-order valence-electron chi connectivity index (χ0n) is 11.3. The molecular formula is C12H23N5. The van der Waals surface area contributed by atoms with Gasteiger partial charge < -0.3 is 15.5 Å². The standard InChI is InChI=1S/C12H23N5/c1-5-10-11(13)12(16(4)14-10)17-7-6-9(8-17)15(2)3/h9H,5-8,13H2,1-4H3. The fourth-order valence-corrected chi connectivity index (χ4v) is 2.58. The SMILES string of the molecule is CCc1nn(C)c(N2CCC(N(C)C)C2)c1N. The highest BCUT2D eigenvalue weighted by atomic mass is 15.4. The maximum atomic E-state index is 6.18. The van der Waals surface area contributed by atoms with E-state index >= 15 is 0 Å². The molecule has 1 aromatic heterocycles. The summed E-state index contributed by atoms with van der Waals surface area (Å²) in [5, 5.41) is 4.48. The molecule has 0 aromatic carbocycles. The molecule has 0 amide bonds. The Hall–Kier alpha value is -1.23. The van der Waals surface area contributed by atoms with Crippen LogP contribution < -0.4 is 10.6 Å². The molecule has 1 atom stereocenters. The molecular weight excluding hydrogens is 214 g/mol. The average molecular weight is 237 g/mol. The van der Waals surface area contributed by atoms with Crippen LogP contribution in [-0.2, 0) is 13.5 Å². The fourth-order valence-electron chi connectivity index (χ4n) is 2.58. The van der Waals surface area contributed by atoms with Gasteiger partial charge in [-0.05, 0) is 26.9 Å². The van der Waals surface area contributed by atoms with Crippen molar-refractivity contribution in [3.05, 3.63) is 5.69 Å². The van der Waals surface area contributed by atoms with Crippen molar-refractivity contribution in [1.29, 1.82) is 0 Å². The predicted molar refractivity (Wildman–Crippen MR) is 71.3 cm³/mol. The van der Waals surface area contributed by atoms with Crippen molar-refractivity contribution in [3.8, 4) is 0 Å². The van der Waals surface area contributed by atoms with Crippen LogP contribution in [0.5, 0.6) is 0 Å². The average Bonchev–Trinajstić information content (AvgIpc) is 2.83. The highest BCUT2D eigenvalue weighted by molar-refractivity contribution is 5.67. The zero-order chi connectivity index (χ0) is 12.6. The number of aromatic nitrogens is 2. The van der Waals surface area contributed by atoms with E-state index in [0.29, 0.717) is 6.04 Å². The number of nitrogens with zero attached hydrogens (tertiary/aromatic N) is 4. The van der Waals surface area contributed by atoms with E-state index in [4.69, 9.17) is 5.73 Å². The molecule has 0 bridgehead atoms. The molecule has 0 spiro atoms. The molecule has 2 N–H and O–H groups in total. The van der Waals surface area contributed by atoms with Crippen LogP contribution in [0, 0.1) is 0 Å². The molecule has 2 rings (SSSR count). The van der Waals surface area contributed by atoms with E-state index in [-0.39, 0.29) is 0 Å². The summed E-state index contributed by atoms with van der Waals surface area (Å²) in [5.74, 6) is 1.09. The van der Waals surface area contributed by atoms with Gasteiger partial charge in [0.2, 0.25) is 0 Å². The lowest BCUT2D eigenvalue weighted by Crippen LogP contribution is -2.32. The molecule has 0 aliphatic carbocycles. The Morgan fingerprint density at radius 1 is 1.47 bits per heavy atom. The van der Waals surface area contributed by atoms with Crippen molar-refractivity contribution in [2.75, 3.05) is 37.8 Å². The summed E-state index contributed by atoms with van der Waals surface area (Å²) < 4.78 is 1.92. The second-order valence-electron chi connectivity index (χ2n) is 5.01. The van der Waals surface area contributed by atoms with Crippen LogP contribution in [0.3, 0.4) is 0 Å². The minimum absolute atomic E-state index is 0.620. The van der Waals surface area contributed by atoms with E-state index in [1.165, 1.54) is 6.42 Å². The number of hydrogen-bond donors (Lipinski definition) is 1. The lowest BCUT2D eigenvalue weighted by molar-refractivity contribution is 0.315. The summed E-state index contributed by atoms with van der Waals surface area (Å²) in [7, 11) is 6.25. The highest BCUT2D eigenvalue weighted by Crippen LogP contribution is 2.29. The molecule has 1 unspecified atom stereocenters. The van der Waals surface area contributed by atoms with Crippen molar-refractivity contribution in [2.45, 2.75) is 25.8 Å². The second kappa shape index (κ2) is 4.56. The van der Waals surface area contributed by atoms with Gasteiger partial charge in [0.15, 0.2) is 0 Å². The van der Waals surface area contributed by atoms with Gasteiger partial charge in [-0.2, -0.15) is 5.10 Å². The van der Waals surface area contributed by atoms with Crippen LogP contribution in [-0.4, -0.2) is 47.9 Å². The minimum Gasteiger partial charge on any atom is -0.394 e. The van der Waals surface area contributed by atoms with Crippen molar-refractivity contribution < 1.29 is 0 Å². The number of hydrogen-bond acceptors (Lipinski definition) is 4. The quantitative estimate of drug-likeness (QED) is 0.841. The first-order valence-corrected chi connectivity index (χ1v) is 6.27. The van der Waals surface area contributed by atoms with Crippen LogP contribution in [0.2, 0.25) is 0 Å². The third-order valence-electron chi connectivity index (χ3n) is 3.66. The molecule has 1 saturated heterocycles. The minimum atomic E-state index is 0.620. The molecule has 96 valence electrons. The van der Waals surface area contributed by atoms with Crippen LogP contribution in [0.4, 0.5) is 11.5 Å². The number of nitrogen functional groups attached to an aromatic ring is 1. The van der Waals surface area contributed by atoms with E-state index < -0.39 is 0 Å². The number of nitrogens with two attached hydrogens (primary N) is 1. The Labute approximate surface area is 103 Å². The van der Waals surface area contributed by atoms with E-state index in [1.807, 2.05) is 11.7 Å². The summed E-state index contributed by atoms with van der Waals surface area (Å²) >= 11 is 0. The molecule has 5 nitrogen and oxygen atoms in total. The lowest BCUT2D eigenvalue weighted by atomic mass is 10.2. The van der Waals surface area contributed by atoms with E-state index in [9.17, 15) is 0 Å². The Balaban J connectivity index is 2.21. The molecule has 1 aliphatic heterocycles. The monoisotopic (exact) mass is 237 g/mol. The summed E-state index contributed by atoms with van der Waals surface area (Å²) in [6, 6.07) is 0.620. The maximum Gasteiger partial charge on any atom is 0.150 e. The number of rotatable bonds is 3. The fraction of sp³-hybridized carbons (Fsp3) is 0.750. The molecule has 0 saturated carbocycles. The first kappa shape index (κ1) is 12.2. The van der Waals surface area contributed by atoms with Crippen LogP contribution in [0.15, 0.2) is 0 Å². The maximum absolute atomic E-state index is 6.18. The van der Waals surface area contributed by atoms with Crippen molar-refractivity contribution in [1.82, 2.24) is 14.7 Å². The van der Waals surface area contributed by atoms with E-state index in [1.54, 1.807) is 0 Å². The van der Waals surface area contributed by atoms with Gasteiger partial charge in [-0.15, -0.1) is 0 Å². The van der Waals surface area contributed by atoms with Crippen LogP contribution in [0.25, 0.3) is 0 Å². The van der Waals surface area contributed by atoms with Crippen molar-refractivity contribution in [2.24, 2.45) is 7.05 Å². The van der Waals surface area contributed by atoms with Crippen LogP contribution in [0.1, 0.15) is 19.0 Å². The largest absolute Gasteiger partial charge is 0.394 e. The molecule has 0 radical (unpaired) electrons.